The second-order valence-corrected chi connectivity index (χ2v) is 4.45. The van der Waals surface area contributed by atoms with Crippen molar-refractivity contribution in [2.45, 2.75) is 26.9 Å². The molecule has 76 valence electrons. The van der Waals surface area contributed by atoms with E-state index in [0.717, 1.165) is 5.75 Å². The molecule has 0 radical (unpaired) electrons. The first kappa shape index (κ1) is 10.8. The Morgan fingerprint density at radius 1 is 1.21 bits per heavy atom. The second kappa shape index (κ2) is 4.32. The summed E-state index contributed by atoms with van der Waals surface area (Å²) in [5.74, 6) is 0.896. The molecule has 0 aliphatic rings. The molecule has 0 heterocycles. The molecule has 0 bridgehead atoms. The van der Waals surface area contributed by atoms with Gasteiger partial charge in [0.25, 0.3) is 0 Å². The third-order valence-corrected chi connectivity index (χ3v) is 2.07. The molecule has 0 aromatic heterocycles. The maximum Gasteiger partial charge on any atom is 0.121 e. The Balaban J connectivity index is 2.72. The molecular formula is C13H18O. The van der Waals surface area contributed by atoms with E-state index in [4.69, 9.17) is 4.74 Å². The summed E-state index contributed by atoms with van der Waals surface area (Å²) in [5.41, 5.74) is 0.0809. The first-order chi connectivity index (χ1) is 6.54. The predicted octanol–water partition coefficient (Wildman–Crippen LogP) is 3.67. The molecule has 0 fully saturated rings. The fourth-order valence-corrected chi connectivity index (χ4v) is 1.22. The lowest BCUT2D eigenvalue weighted by molar-refractivity contribution is 0.129. The van der Waals surface area contributed by atoms with E-state index in [9.17, 15) is 0 Å². The van der Waals surface area contributed by atoms with Crippen molar-refractivity contribution in [2.24, 2.45) is 5.41 Å². The van der Waals surface area contributed by atoms with Crippen molar-refractivity contribution in [3.63, 3.8) is 0 Å². The molecule has 14 heavy (non-hydrogen) atoms. The van der Waals surface area contributed by atoms with Crippen LogP contribution in [-0.4, -0.2) is 6.10 Å². The van der Waals surface area contributed by atoms with E-state index in [1.807, 2.05) is 36.4 Å². The van der Waals surface area contributed by atoms with Crippen molar-refractivity contribution in [1.29, 1.82) is 0 Å². The zero-order valence-corrected chi connectivity index (χ0v) is 9.16. The Labute approximate surface area is 86.4 Å². The van der Waals surface area contributed by atoms with Crippen molar-refractivity contribution < 1.29 is 4.74 Å². The van der Waals surface area contributed by atoms with Gasteiger partial charge in [-0.25, -0.2) is 0 Å². The molecule has 0 unspecified atom stereocenters. The quantitative estimate of drug-likeness (QED) is 0.661. The minimum absolute atomic E-state index is 0.0462. The Morgan fingerprint density at radius 3 is 2.21 bits per heavy atom. The average Bonchev–Trinajstić information content (AvgIpc) is 2.14. The summed E-state index contributed by atoms with van der Waals surface area (Å²) in [6.45, 7) is 10.2. The summed E-state index contributed by atoms with van der Waals surface area (Å²) in [4.78, 5) is 0. The van der Waals surface area contributed by atoms with E-state index >= 15 is 0 Å². The Kier molecular flexibility index (Phi) is 3.34. The van der Waals surface area contributed by atoms with Gasteiger partial charge >= 0.3 is 0 Å². The fourth-order valence-electron chi connectivity index (χ4n) is 1.22. The number of para-hydroxylation sites is 1. The highest BCUT2D eigenvalue weighted by Crippen LogP contribution is 2.25. The number of benzene rings is 1. The molecule has 1 rings (SSSR count). The van der Waals surface area contributed by atoms with Gasteiger partial charge in [0.2, 0.25) is 0 Å². The summed E-state index contributed by atoms with van der Waals surface area (Å²) < 4.78 is 5.81. The molecule has 1 atom stereocenters. The molecule has 0 spiro atoms. The van der Waals surface area contributed by atoms with Gasteiger partial charge in [-0.2, -0.15) is 0 Å². The molecular weight excluding hydrogens is 172 g/mol. The first-order valence-corrected chi connectivity index (χ1v) is 4.88. The van der Waals surface area contributed by atoms with Gasteiger partial charge < -0.3 is 4.74 Å². The van der Waals surface area contributed by atoms with Crippen LogP contribution in [0.3, 0.4) is 0 Å². The van der Waals surface area contributed by atoms with Crippen LogP contribution in [0.15, 0.2) is 43.0 Å². The summed E-state index contributed by atoms with van der Waals surface area (Å²) in [7, 11) is 0. The lowest BCUT2D eigenvalue weighted by Crippen LogP contribution is -2.29. The molecule has 0 saturated heterocycles. The SMILES string of the molecule is C=C[C@@H](Oc1ccccc1)C(C)(C)C. The predicted molar refractivity (Wildman–Crippen MR) is 60.5 cm³/mol. The van der Waals surface area contributed by atoms with Crippen LogP contribution in [-0.2, 0) is 0 Å². The standard InChI is InChI=1S/C13H18O/c1-5-12(13(2,3)4)14-11-9-7-6-8-10-11/h5-10,12H,1H2,2-4H3/t12-/m1/s1. The van der Waals surface area contributed by atoms with Gasteiger partial charge in [-0.05, 0) is 12.1 Å². The minimum Gasteiger partial charge on any atom is -0.486 e. The molecule has 1 heteroatoms. The third-order valence-electron chi connectivity index (χ3n) is 2.07. The largest absolute Gasteiger partial charge is 0.486 e. The average molecular weight is 190 g/mol. The molecule has 0 aliphatic heterocycles. The monoisotopic (exact) mass is 190 g/mol. The molecule has 1 aromatic carbocycles. The lowest BCUT2D eigenvalue weighted by Gasteiger charge is -2.28. The van der Waals surface area contributed by atoms with E-state index in [1.54, 1.807) is 0 Å². The van der Waals surface area contributed by atoms with Gasteiger partial charge in [0, 0.05) is 5.41 Å². The van der Waals surface area contributed by atoms with Crippen molar-refractivity contribution in [3.8, 4) is 5.75 Å². The van der Waals surface area contributed by atoms with E-state index in [2.05, 4.69) is 27.4 Å². The fraction of sp³-hybridized carbons (Fsp3) is 0.385. The maximum atomic E-state index is 5.81. The Morgan fingerprint density at radius 2 is 1.79 bits per heavy atom. The summed E-state index contributed by atoms with van der Waals surface area (Å²) in [6.07, 6.45) is 1.90. The Bertz CT molecular complexity index is 282. The van der Waals surface area contributed by atoms with Crippen LogP contribution in [0.1, 0.15) is 20.8 Å². The zero-order valence-electron chi connectivity index (χ0n) is 9.16. The van der Waals surface area contributed by atoms with Crippen LogP contribution in [0.4, 0.5) is 0 Å². The molecule has 0 aliphatic carbocycles. The van der Waals surface area contributed by atoms with Crippen LogP contribution < -0.4 is 4.74 Å². The van der Waals surface area contributed by atoms with Gasteiger partial charge in [-0.15, -0.1) is 0 Å². The lowest BCUT2D eigenvalue weighted by atomic mass is 9.89. The van der Waals surface area contributed by atoms with E-state index in [0.29, 0.717) is 0 Å². The van der Waals surface area contributed by atoms with Crippen LogP contribution in [0.2, 0.25) is 0 Å². The zero-order chi connectivity index (χ0) is 10.6. The molecule has 0 saturated carbocycles. The summed E-state index contributed by atoms with van der Waals surface area (Å²) in [5, 5.41) is 0. The minimum atomic E-state index is 0.0462. The van der Waals surface area contributed by atoms with E-state index < -0.39 is 0 Å². The highest BCUT2D eigenvalue weighted by molar-refractivity contribution is 5.22. The number of rotatable bonds is 3. The van der Waals surface area contributed by atoms with Crippen molar-refractivity contribution in [1.82, 2.24) is 0 Å². The van der Waals surface area contributed by atoms with Gasteiger partial charge in [-0.1, -0.05) is 51.6 Å². The molecule has 0 N–H and O–H groups in total. The molecule has 1 aromatic rings. The number of hydrogen-bond donors (Lipinski definition) is 0. The van der Waals surface area contributed by atoms with Crippen molar-refractivity contribution >= 4 is 0 Å². The smallest absolute Gasteiger partial charge is 0.121 e. The van der Waals surface area contributed by atoms with Crippen LogP contribution in [0.25, 0.3) is 0 Å². The summed E-state index contributed by atoms with van der Waals surface area (Å²) in [6, 6.07) is 9.84. The Hall–Kier alpha value is -1.24. The number of ether oxygens (including phenoxy) is 1. The first-order valence-electron chi connectivity index (χ1n) is 4.88. The van der Waals surface area contributed by atoms with E-state index in [1.165, 1.54) is 0 Å². The highest BCUT2D eigenvalue weighted by Gasteiger charge is 2.23. The second-order valence-electron chi connectivity index (χ2n) is 4.45. The van der Waals surface area contributed by atoms with Gasteiger partial charge in [0.15, 0.2) is 0 Å². The number of hydrogen-bond acceptors (Lipinski definition) is 1. The van der Waals surface area contributed by atoms with E-state index in [-0.39, 0.29) is 11.5 Å². The van der Waals surface area contributed by atoms with Crippen LogP contribution >= 0.6 is 0 Å². The topological polar surface area (TPSA) is 9.23 Å². The maximum absolute atomic E-state index is 5.81. The van der Waals surface area contributed by atoms with Crippen molar-refractivity contribution in [3.05, 3.63) is 43.0 Å². The van der Waals surface area contributed by atoms with Crippen LogP contribution in [0, 0.1) is 5.41 Å². The normalized spacial score (nSPS) is 13.4. The highest BCUT2D eigenvalue weighted by atomic mass is 16.5. The summed E-state index contributed by atoms with van der Waals surface area (Å²) >= 11 is 0. The van der Waals surface area contributed by atoms with Gasteiger partial charge in [-0.3, -0.25) is 0 Å². The third kappa shape index (κ3) is 2.91. The molecule has 0 amide bonds. The van der Waals surface area contributed by atoms with Crippen molar-refractivity contribution in [2.75, 3.05) is 0 Å². The van der Waals surface area contributed by atoms with Gasteiger partial charge in [0.05, 0.1) is 0 Å². The van der Waals surface area contributed by atoms with Gasteiger partial charge in [0.1, 0.15) is 11.9 Å². The molecule has 1 nitrogen and oxygen atoms in total. The van der Waals surface area contributed by atoms with Crippen LogP contribution in [0.5, 0.6) is 5.75 Å².